The van der Waals surface area contributed by atoms with Crippen molar-refractivity contribution in [1.29, 1.82) is 0 Å². The van der Waals surface area contributed by atoms with Crippen molar-refractivity contribution < 1.29 is 9.90 Å². The average molecular weight is 202 g/mol. The van der Waals surface area contributed by atoms with E-state index in [9.17, 15) is 4.79 Å². The molecule has 0 aliphatic carbocycles. The molecule has 1 heterocycles. The van der Waals surface area contributed by atoms with Crippen LogP contribution in [0.4, 0.5) is 0 Å². The monoisotopic (exact) mass is 202 g/mol. The topological polar surface area (TPSA) is 55.1 Å². The lowest BCUT2D eigenvalue weighted by atomic mass is 10.2. The summed E-state index contributed by atoms with van der Waals surface area (Å²) >= 11 is 0. The Kier molecular flexibility index (Phi) is 2.25. The molecule has 0 aliphatic heterocycles. The summed E-state index contributed by atoms with van der Waals surface area (Å²) in [6.07, 6.45) is 3.18. The largest absolute Gasteiger partial charge is 0.508 e. The third kappa shape index (κ3) is 1.88. The zero-order valence-electron chi connectivity index (χ0n) is 8.21. The van der Waals surface area contributed by atoms with Crippen LogP contribution in [-0.4, -0.2) is 20.7 Å². The van der Waals surface area contributed by atoms with E-state index in [4.69, 9.17) is 5.11 Å². The van der Waals surface area contributed by atoms with Gasteiger partial charge in [0.1, 0.15) is 5.75 Å². The molecular formula is C11H10N2O2. The van der Waals surface area contributed by atoms with Crippen molar-refractivity contribution in [1.82, 2.24) is 9.78 Å². The predicted molar refractivity (Wildman–Crippen MR) is 55.2 cm³/mol. The van der Waals surface area contributed by atoms with Crippen LogP contribution < -0.4 is 0 Å². The Hall–Kier alpha value is -2.10. The number of carbonyl (C=O) groups is 1. The average Bonchev–Trinajstić information content (AvgIpc) is 2.68. The third-order valence-electron chi connectivity index (χ3n) is 2.10. The van der Waals surface area contributed by atoms with Crippen molar-refractivity contribution in [2.45, 2.75) is 6.92 Å². The van der Waals surface area contributed by atoms with Crippen LogP contribution >= 0.6 is 0 Å². The number of ketones is 1. The number of rotatable bonds is 2. The lowest BCUT2D eigenvalue weighted by molar-refractivity contribution is 0.101. The second kappa shape index (κ2) is 3.57. The van der Waals surface area contributed by atoms with Gasteiger partial charge in [-0.3, -0.25) is 4.79 Å². The smallest absolute Gasteiger partial charge is 0.162 e. The van der Waals surface area contributed by atoms with Crippen LogP contribution in [-0.2, 0) is 0 Å². The van der Waals surface area contributed by atoms with Crippen molar-refractivity contribution in [3.63, 3.8) is 0 Å². The molecule has 1 aromatic heterocycles. The molecule has 0 saturated heterocycles. The van der Waals surface area contributed by atoms with Crippen LogP contribution in [0.15, 0.2) is 36.7 Å². The molecule has 1 aromatic carbocycles. The van der Waals surface area contributed by atoms with Crippen LogP contribution in [0.1, 0.15) is 17.3 Å². The quantitative estimate of drug-likeness (QED) is 0.755. The number of hydrogen-bond acceptors (Lipinski definition) is 3. The third-order valence-corrected chi connectivity index (χ3v) is 2.10. The minimum atomic E-state index is -0.0139. The number of benzene rings is 1. The van der Waals surface area contributed by atoms with E-state index in [1.54, 1.807) is 35.1 Å². The van der Waals surface area contributed by atoms with E-state index in [0.29, 0.717) is 5.56 Å². The minimum absolute atomic E-state index is 0.0139. The van der Waals surface area contributed by atoms with Crippen LogP contribution in [0, 0.1) is 0 Å². The Balaban J connectivity index is 2.37. The van der Waals surface area contributed by atoms with Crippen molar-refractivity contribution in [2.24, 2.45) is 0 Å². The first-order chi connectivity index (χ1) is 7.16. The lowest BCUT2D eigenvalue weighted by Gasteiger charge is -1.99. The number of hydrogen-bond donors (Lipinski definition) is 1. The van der Waals surface area contributed by atoms with Gasteiger partial charge in [0.25, 0.3) is 0 Å². The molecule has 0 bridgehead atoms. The molecule has 0 amide bonds. The summed E-state index contributed by atoms with van der Waals surface area (Å²) in [6.45, 7) is 1.50. The molecule has 0 aliphatic rings. The van der Waals surface area contributed by atoms with Gasteiger partial charge < -0.3 is 5.11 Å². The van der Waals surface area contributed by atoms with E-state index in [2.05, 4.69) is 5.10 Å². The van der Waals surface area contributed by atoms with Gasteiger partial charge >= 0.3 is 0 Å². The molecule has 0 radical (unpaired) electrons. The molecule has 1 N–H and O–H groups in total. The van der Waals surface area contributed by atoms with E-state index in [0.717, 1.165) is 5.69 Å². The van der Waals surface area contributed by atoms with Crippen molar-refractivity contribution in [3.8, 4) is 11.4 Å². The van der Waals surface area contributed by atoms with E-state index >= 15 is 0 Å². The normalized spacial score (nSPS) is 10.2. The van der Waals surface area contributed by atoms with Crippen LogP contribution in [0.25, 0.3) is 5.69 Å². The van der Waals surface area contributed by atoms with E-state index in [-0.39, 0.29) is 11.5 Å². The van der Waals surface area contributed by atoms with Crippen LogP contribution in [0.5, 0.6) is 5.75 Å². The summed E-state index contributed by atoms with van der Waals surface area (Å²) in [5.74, 6) is 0.192. The maximum atomic E-state index is 11.1. The minimum Gasteiger partial charge on any atom is -0.508 e. The number of phenols is 1. The maximum Gasteiger partial charge on any atom is 0.162 e. The van der Waals surface area contributed by atoms with E-state index in [1.165, 1.54) is 13.1 Å². The molecule has 76 valence electrons. The van der Waals surface area contributed by atoms with Crippen molar-refractivity contribution >= 4 is 5.78 Å². The van der Waals surface area contributed by atoms with Gasteiger partial charge in [-0.1, -0.05) is 0 Å². The standard InChI is InChI=1S/C11H10N2O2/c1-8(14)9-6-12-13(7-9)10-2-4-11(15)5-3-10/h2-7,15H,1H3. The predicted octanol–water partition coefficient (Wildman–Crippen LogP) is 1.78. The molecular weight excluding hydrogens is 192 g/mol. The molecule has 15 heavy (non-hydrogen) atoms. The maximum absolute atomic E-state index is 11.1. The SMILES string of the molecule is CC(=O)c1cnn(-c2ccc(O)cc2)c1. The number of carbonyl (C=O) groups excluding carboxylic acids is 1. The Morgan fingerprint density at radius 1 is 1.33 bits per heavy atom. The number of phenolic OH excluding ortho intramolecular Hbond substituents is 1. The fraction of sp³-hybridized carbons (Fsp3) is 0.0909. The number of aromatic nitrogens is 2. The molecule has 0 saturated carbocycles. The van der Waals surface area contributed by atoms with Gasteiger partial charge in [0, 0.05) is 6.20 Å². The zero-order chi connectivity index (χ0) is 10.8. The van der Waals surface area contributed by atoms with Gasteiger partial charge in [-0.2, -0.15) is 5.10 Å². The molecule has 2 rings (SSSR count). The molecule has 0 fully saturated rings. The summed E-state index contributed by atoms with van der Waals surface area (Å²) in [7, 11) is 0. The summed E-state index contributed by atoms with van der Waals surface area (Å²) < 4.78 is 1.59. The Labute approximate surface area is 86.8 Å². The van der Waals surface area contributed by atoms with Gasteiger partial charge in [-0.15, -0.1) is 0 Å². The van der Waals surface area contributed by atoms with Gasteiger partial charge in [0.2, 0.25) is 0 Å². The Morgan fingerprint density at radius 3 is 2.53 bits per heavy atom. The van der Waals surface area contributed by atoms with Gasteiger partial charge in [0.05, 0.1) is 17.4 Å². The Morgan fingerprint density at radius 2 is 2.00 bits per heavy atom. The molecule has 4 heteroatoms. The number of Topliss-reactive ketones (excluding diaryl/α,β-unsaturated/α-hetero) is 1. The Bertz CT molecular complexity index is 486. The number of nitrogens with zero attached hydrogens (tertiary/aromatic N) is 2. The molecule has 0 spiro atoms. The highest BCUT2D eigenvalue weighted by atomic mass is 16.3. The lowest BCUT2D eigenvalue weighted by Crippen LogP contribution is -1.93. The highest BCUT2D eigenvalue weighted by Crippen LogP contribution is 2.13. The summed E-state index contributed by atoms with van der Waals surface area (Å²) in [5, 5.41) is 13.2. The first-order valence-corrected chi connectivity index (χ1v) is 4.52. The zero-order valence-corrected chi connectivity index (χ0v) is 8.21. The first-order valence-electron chi connectivity index (χ1n) is 4.52. The summed E-state index contributed by atoms with van der Waals surface area (Å²) in [5.41, 5.74) is 1.38. The van der Waals surface area contributed by atoms with Crippen LogP contribution in [0.3, 0.4) is 0 Å². The van der Waals surface area contributed by atoms with E-state index < -0.39 is 0 Å². The summed E-state index contributed by atoms with van der Waals surface area (Å²) in [6, 6.07) is 6.60. The van der Waals surface area contributed by atoms with Gasteiger partial charge in [-0.05, 0) is 31.2 Å². The second-order valence-electron chi connectivity index (χ2n) is 3.25. The van der Waals surface area contributed by atoms with Crippen LogP contribution in [0.2, 0.25) is 0 Å². The molecule has 2 aromatic rings. The fourth-order valence-corrected chi connectivity index (χ4v) is 1.25. The molecule has 4 nitrogen and oxygen atoms in total. The second-order valence-corrected chi connectivity index (χ2v) is 3.25. The van der Waals surface area contributed by atoms with Crippen molar-refractivity contribution in [3.05, 3.63) is 42.2 Å². The molecule has 0 atom stereocenters. The number of aromatic hydroxyl groups is 1. The van der Waals surface area contributed by atoms with E-state index in [1.807, 2.05) is 0 Å². The highest BCUT2D eigenvalue weighted by Gasteiger charge is 2.04. The first kappa shape index (κ1) is 9.45. The summed E-state index contributed by atoms with van der Waals surface area (Å²) in [4.78, 5) is 11.1. The highest BCUT2D eigenvalue weighted by molar-refractivity contribution is 5.93. The molecule has 0 unspecified atom stereocenters. The fourth-order valence-electron chi connectivity index (χ4n) is 1.25. The van der Waals surface area contributed by atoms with Gasteiger partial charge in [0.15, 0.2) is 5.78 Å². The van der Waals surface area contributed by atoms with Gasteiger partial charge in [-0.25, -0.2) is 4.68 Å². The van der Waals surface area contributed by atoms with Crippen molar-refractivity contribution in [2.75, 3.05) is 0 Å².